The molecule has 0 aromatic heterocycles. The molecule has 6 heteroatoms. The molecule has 0 spiro atoms. The molecule has 0 bridgehead atoms. The van der Waals surface area contributed by atoms with Gasteiger partial charge < -0.3 is 10.6 Å². The number of hydrogen-bond acceptors (Lipinski definition) is 5. The molecule has 6 nitrogen and oxygen atoms in total. The number of imide groups is 1. The Morgan fingerprint density at radius 3 is 2.58 bits per heavy atom. The first-order valence-electron chi connectivity index (χ1n) is 9.09. The van der Waals surface area contributed by atoms with Crippen molar-refractivity contribution < 1.29 is 9.59 Å². The molecule has 0 saturated carbocycles. The summed E-state index contributed by atoms with van der Waals surface area (Å²) in [5.41, 5.74) is 1.12. The van der Waals surface area contributed by atoms with E-state index in [1.165, 1.54) is 0 Å². The average Bonchev–Trinajstić information content (AvgIpc) is 2.59. The van der Waals surface area contributed by atoms with Crippen molar-refractivity contribution in [2.75, 3.05) is 32.7 Å². The van der Waals surface area contributed by atoms with E-state index in [-0.39, 0.29) is 17.9 Å². The summed E-state index contributed by atoms with van der Waals surface area (Å²) >= 11 is 0. The number of piperidine rings is 1. The second kappa shape index (κ2) is 8.74. The van der Waals surface area contributed by atoms with Gasteiger partial charge in [-0.15, -0.1) is 0 Å². The summed E-state index contributed by atoms with van der Waals surface area (Å²) < 4.78 is 0. The number of carbonyl (C=O) groups excluding carboxylic acids is 2. The van der Waals surface area contributed by atoms with E-state index in [2.05, 4.69) is 48.2 Å². The van der Waals surface area contributed by atoms with Crippen molar-refractivity contribution in [2.24, 2.45) is 11.8 Å². The van der Waals surface area contributed by atoms with E-state index >= 15 is 0 Å². The van der Waals surface area contributed by atoms with Crippen molar-refractivity contribution in [3.05, 3.63) is 12.2 Å². The largest absolute Gasteiger partial charge is 0.314 e. The predicted molar refractivity (Wildman–Crippen MR) is 95.5 cm³/mol. The van der Waals surface area contributed by atoms with Gasteiger partial charge in [-0.3, -0.25) is 19.8 Å². The first kappa shape index (κ1) is 19.1. The van der Waals surface area contributed by atoms with Crippen LogP contribution in [0, 0.1) is 11.8 Å². The molecule has 2 aliphatic rings. The molecule has 2 aliphatic heterocycles. The fourth-order valence-corrected chi connectivity index (χ4v) is 3.52. The third-order valence-electron chi connectivity index (χ3n) is 5.74. The monoisotopic (exact) mass is 336 g/mol. The van der Waals surface area contributed by atoms with Crippen molar-refractivity contribution in [1.82, 2.24) is 20.9 Å². The van der Waals surface area contributed by atoms with E-state index in [9.17, 15) is 9.59 Å². The summed E-state index contributed by atoms with van der Waals surface area (Å²) in [6.07, 6.45) is 0.973. The highest BCUT2D eigenvalue weighted by atomic mass is 16.2. The average molecular weight is 336 g/mol. The van der Waals surface area contributed by atoms with Crippen LogP contribution in [0.3, 0.4) is 0 Å². The summed E-state index contributed by atoms with van der Waals surface area (Å²) in [4.78, 5) is 25.5. The Morgan fingerprint density at radius 2 is 1.96 bits per heavy atom. The van der Waals surface area contributed by atoms with Crippen LogP contribution in [0.1, 0.15) is 33.6 Å². The van der Waals surface area contributed by atoms with Gasteiger partial charge in [0.2, 0.25) is 11.8 Å². The van der Waals surface area contributed by atoms with Crippen LogP contribution in [0.25, 0.3) is 0 Å². The normalized spacial score (nSPS) is 26.5. The van der Waals surface area contributed by atoms with Gasteiger partial charge in [0.25, 0.3) is 0 Å². The van der Waals surface area contributed by atoms with Gasteiger partial charge in [-0.25, -0.2) is 0 Å². The van der Waals surface area contributed by atoms with Crippen LogP contribution in [-0.2, 0) is 9.59 Å². The number of carbonyl (C=O) groups is 2. The second-order valence-corrected chi connectivity index (χ2v) is 7.22. The molecular formula is C18H32N4O2. The lowest BCUT2D eigenvalue weighted by atomic mass is 9.83. The van der Waals surface area contributed by atoms with Crippen molar-refractivity contribution >= 4 is 11.8 Å². The van der Waals surface area contributed by atoms with Gasteiger partial charge >= 0.3 is 0 Å². The van der Waals surface area contributed by atoms with Gasteiger partial charge in [-0.2, -0.15) is 0 Å². The van der Waals surface area contributed by atoms with Crippen molar-refractivity contribution in [2.45, 2.75) is 45.7 Å². The van der Waals surface area contributed by atoms with Crippen molar-refractivity contribution in [3.8, 4) is 0 Å². The van der Waals surface area contributed by atoms with Crippen LogP contribution in [-0.4, -0.2) is 61.5 Å². The summed E-state index contributed by atoms with van der Waals surface area (Å²) in [6.45, 7) is 16.0. The van der Waals surface area contributed by atoms with Crippen LogP contribution in [0.2, 0.25) is 0 Å². The standard InChI is InChI=1S/C18H32N4O2/c1-12(11-20-16-5-6-17(23)21-18(16)24)13(2)14(3)15(4)22-9-7-19-8-10-22/h13-16,19-20H,1,5-11H2,2-4H3,(H,21,23,24)/t13?,14-,15+,16?/m1/s1. The molecule has 136 valence electrons. The van der Waals surface area contributed by atoms with Gasteiger partial charge in [0.15, 0.2) is 0 Å². The summed E-state index contributed by atoms with van der Waals surface area (Å²) in [5, 5.41) is 9.04. The lowest BCUT2D eigenvalue weighted by Gasteiger charge is -2.39. The third kappa shape index (κ3) is 4.88. The molecule has 2 fully saturated rings. The Hall–Kier alpha value is -1.24. The predicted octanol–water partition coefficient (Wildman–Crippen LogP) is 0.503. The molecule has 24 heavy (non-hydrogen) atoms. The molecule has 0 radical (unpaired) electrons. The number of amides is 2. The fourth-order valence-electron chi connectivity index (χ4n) is 3.52. The Morgan fingerprint density at radius 1 is 1.29 bits per heavy atom. The molecule has 2 rings (SSSR count). The van der Waals surface area contributed by atoms with Crippen LogP contribution < -0.4 is 16.0 Å². The highest BCUT2D eigenvalue weighted by Gasteiger charge is 2.29. The molecule has 2 unspecified atom stereocenters. The molecule has 2 saturated heterocycles. The van der Waals surface area contributed by atoms with Gasteiger partial charge in [0, 0.05) is 45.2 Å². The number of nitrogens with zero attached hydrogens (tertiary/aromatic N) is 1. The topological polar surface area (TPSA) is 73.5 Å². The molecule has 0 aliphatic carbocycles. The Balaban J connectivity index is 1.80. The van der Waals surface area contributed by atoms with Gasteiger partial charge in [-0.05, 0) is 25.2 Å². The van der Waals surface area contributed by atoms with Crippen molar-refractivity contribution in [1.29, 1.82) is 0 Å². The van der Waals surface area contributed by atoms with Gasteiger partial charge in [0.05, 0.1) is 6.04 Å². The quantitative estimate of drug-likeness (QED) is 0.466. The molecule has 2 heterocycles. The van der Waals surface area contributed by atoms with E-state index in [0.29, 0.717) is 37.3 Å². The minimum absolute atomic E-state index is 0.177. The molecule has 3 N–H and O–H groups in total. The van der Waals surface area contributed by atoms with Crippen LogP contribution in [0.5, 0.6) is 0 Å². The maximum atomic E-state index is 11.8. The summed E-state index contributed by atoms with van der Waals surface area (Å²) in [7, 11) is 0. The lowest BCUT2D eigenvalue weighted by molar-refractivity contribution is -0.134. The van der Waals surface area contributed by atoms with Crippen LogP contribution >= 0.6 is 0 Å². The maximum absolute atomic E-state index is 11.8. The van der Waals surface area contributed by atoms with E-state index < -0.39 is 0 Å². The molecular weight excluding hydrogens is 304 g/mol. The van der Waals surface area contributed by atoms with E-state index in [1.807, 2.05) is 0 Å². The smallest absolute Gasteiger partial charge is 0.243 e. The zero-order valence-electron chi connectivity index (χ0n) is 15.2. The number of nitrogens with one attached hydrogen (secondary N) is 3. The summed E-state index contributed by atoms with van der Waals surface area (Å²) in [6, 6.07) is 0.224. The van der Waals surface area contributed by atoms with Gasteiger partial charge in [-0.1, -0.05) is 26.0 Å². The Kier molecular flexibility index (Phi) is 6.95. The third-order valence-corrected chi connectivity index (χ3v) is 5.74. The first-order chi connectivity index (χ1) is 11.4. The maximum Gasteiger partial charge on any atom is 0.243 e. The number of piperazine rings is 1. The lowest BCUT2D eigenvalue weighted by Crippen LogP contribution is -2.52. The van der Waals surface area contributed by atoms with E-state index in [1.54, 1.807) is 0 Å². The van der Waals surface area contributed by atoms with E-state index in [4.69, 9.17) is 0 Å². The highest BCUT2D eigenvalue weighted by molar-refractivity contribution is 6.00. The zero-order valence-corrected chi connectivity index (χ0v) is 15.2. The zero-order chi connectivity index (χ0) is 17.7. The molecule has 4 atom stereocenters. The number of hydrogen-bond donors (Lipinski definition) is 3. The van der Waals surface area contributed by atoms with Gasteiger partial charge in [0.1, 0.15) is 0 Å². The summed E-state index contributed by atoms with van der Waals surface area (Å²) in [5.74, 6) is 0.479. The SMILES string of the molecule is C=C(CNC1CCC(=O)NC1=O)C(C)[C@@H](C)[C@H](C)N1CCNCC1. The van der Waals surface area contributed by atoms with Crippen LogP contribution in [0.15, 0.2) is 12.2 Å². The second-order valence-electron chi connectivity index (χ2n) is 7.22. The number of rotatable bonds is 7. The van der Waals surface area contributed by atoms with E-state index in [0.717, 1.165) is 31.8 Å². The minimum atomic E-state index is -0.285. The minimum Gasteiger partial charge on any atom is -0.314 e. The Bertz CT molecular complexity index is 474. The van der Waals surface area contributed by atoms with Crippen molar-refractivity contribution in [3.63, 3.8) is 0 Å². The molecule has 0 aromatic rings. The fraction of sp³-hybridized carbons (Fsp3) is 0.778. The van der Waals surface area contributed by atoms with Crippen LogP contribution in [0.4, 0.5) is 0 Å². The Labute approximate surface area is 145 Å². The highest BCUT2D eigenvalue weighted by Crippen LogP contribution is 2.25. The molecule has 0 aromatic carbocycles. The molecule has 2 amide bonds. The first-order valence-corrected chi connectivity index (χ1v) is 9.09.